The maximum Gasteiger partial charge on any atom is 0.235 e. The number of aryl methyl sites for hydroxylation is 1. The molecule has 0 aromatic heterocycles. The van der Waals surface area contributed by atoms with Crippen molar-refractivity contribution in [2.75, 3.05) is 34.4 Å². The van der Waals surface area contributed by atoms with Crippen LogP contribution in [0.4, 0.5) is 0 Å². The first-order chi connectivity index (χ1) is 15.0. The molecule has 31 heavy (non-hydrogen) atoms. The average molecular weight is 420 g/mol. The highest BCUT2D eigenvalue weighted by Crippen LogP contribution is 2.50. The Balaban J connectivity index is 1.71. The molecule has 4 rings (SSSR count). The number of hydrogen-bond acceptors (Lipinski definition) is 5. The summed E-state index contributed by atoms with van der Waals surface area (Å²) in [5.74, 6) is 2.22. The number of likely N-dealkylation sites (tertiary alicyclic amines) is 1. The number of fused-ring (bicyclic) bond motifs is 1. The molecule has 162 valence electrons. The van der Waals surface area contributed by atoms with Gasteiger partial charge in [-0.1, -0.05) is 36.4 Å². The van der Waals surface area contributed by atoms with Gasteiger partial charge in [0, 0.05) is 11.6 Å². The molecule has 1 fully saturated rings. The Kier molecular flexibility index (Phi) is 6.14. The van der Waals surface area contributed by atoms with Crippen LogP contribution in [0.3, 0.4) is 0 Å². The van der Waals surface area contributed by atoms with Gasteiger partial charge in [0.05, 0.1) is 14.2 Å². The minimum Gasteiger partial charge on any atom is -0.496 e. The van der Waals surface area contributed by atoms with E-state index in [1.165, 1.54) is 5.56 Å². The predicted molar refractivity (Wildman–Crippen MR) is 122 cm³/mol. The minimum atomic E-state index is -0.155. The number of rotatable bonds is 5. The van der Waals surface area contributed by atoms with Crippen molar-refractivity contribution in [1.29, 1.82) is 0 Å². The van der Waals surface area contributed by atoms with Crippen LogP contribution in [0.2, 0.25) is 0 Å². The molecule has 1 saturated heterocycles. The summed E-state index contributed by atoms with van der Waals surface area (Å²) in [7, 11) is 5.35. The van der Waals surface area contributed by atoms with E-state index >= 15 is 0 Å². The van der Waals surface area contributed by atoms with Crippen molar-refractivity contribution >= 4 is 11.9 Å². The number of hydrogen-bond donors (Lipinski definition) is 0. The molecule has 2 aromatic rings. The quantitative estimate of drug-likeness (QED) is 0.639. The minimum absolute atomic E-state index is 0.155. The van der Waals surface area contributed by atoms with E-state index in [4.69, 9.17) is 14.2 Å². The second-order valence-corrected chi connectivity index (χ2v) is 8.15. The second kappa shape index (κ2) is 8.98. The SMILES string of the molecule is COc1cc(OC)c(C2CCN(C)CC2)c2c1C(=O)/C(=C/C=C\c1ccccc1C)O2. The molecule has 0 N–H and O–H groups in total. The monoisotopic (exact) mass is 419 g/mol. The number of ether oxygens (including phenoxy) is 3. The van der Waals surface area contributed by atoms with Gasteiger partial charge in [-0.2, -0.15) is 0 Å². The molecule has 5 nitrogen and oxygen atoms in total. The Bertz CT molecular complexity index is 1050. The molecule has 0 bridgehead atoms. The smallest absolute Gasteiger partial charge is 0.235 e. The van der Waals surface area contributed by atoms with Gasteiger partial charge in [0.2, 0.25) is 5.78 Å². The van der Waals surface area contributed by atoms with Crippen LogP contribution in [-0.4, -0.2) is 45.0 Å². The van der Waals surface area contributed by atoms with E-state index in [0.717, 1.165) is 42.8 Å². The summed E-state index contributed by atoms with van der Waals surface area (Å²) < 4.78 is 17.4. The highest BCUT2D eigenvalue weighted by atomic mass is 16.5. The largest absolute Gasteiger partial charge is 0.496 e. The van der Waals surface area contributed by atoms with E-state index in [0.29, 0.717) is 22.8 Å². The summed E-state index contributed by atoms with van der Waals surface area (Å²) >= 11 is 0. The molecule has 0 radical (unpaired) electrons. The van der Waals surface area contributed by atoms with Crippen LogP contribution < -0.4 is 14.2 Å². The molecule has 0 unspecified atom stereocenters. The van der Waals surface area contributed by atoms with Crippen LogP contribution in [0.5, 0.6) is 17.2 Å². The molecular formula is C26H29NO4. The fraction of sp³-hybridized carbons (Fsp3) is 0.346. The fourth-order valence-electron chi connectivity index (χ4n) is 4.36. The van der Waals surface area contributed by atoms with Gasteiger partial charge in [-0.05, 0) is 63.0 Å². The average Bonchev–Trinajstić information content (AvgIpc) is 3.11. The lowest BCUT2D eigenvalue weighted by atomic mass is 9.86. The molecule has 0 amide bonds. The van der Waals surface area contributed by atoms with E-state index in [1.54, 1.807) is 20.3 Å². The van der Waals surface area contributed by atoms with Gasteiger partial charge in [-0.15, -0.1) is 0 Å². The van der Waals surface area contributed by atoms with E-state index < -0.39 is 0 Å². The van der Waals surface area contributed by atoms with Crippen molar-refractivity contribution in [2.45, 2.75) is 25.7 Å². The van der Waals surface area contributed by atoms with Gasteiger partial charge in [-0.3, -0.25) is 4.79 Å². The standard InChI is InChI=1S/C26H29NO4/c1-17-8-5-6-9-18(17)10-7-11-20-25(28)24-22(30-4)16-21(29-3)23(26(24)31-20)19-12-14-27(2)15-13-19/h5-11,16,19H,12-15H2,1-4H3/b10-7-,20-11-. The normalized spacial score (nSPS) is 18.5. The summed E-state index contributed by atoms with van der Waals surface area (Å²) in [5, 5.41) is 0. The summed E-state index contributed by atoms with van der Waals surface area (Å²) in [6, 6.07) is 9.93. The number of benzene rings is 2. The zero-order valence-corrected chi connectivity index (χ0v) is 18.6. The number of piperidine rings is 1. The fourth-order valence-corrected chi connectivity index (χ4v) is 4.36. The summed E-state index contributed by atoms with van der Waals surface area (Å²) in [6.45, 7) is 4.07. The number of Topliss-reactive ketones (excluding diaryl/α,β-unsaturated/α-hetero) is 1. The molecule has 5 heteroatoms. The van der Waals surface area contributed by atoms with Crippen LogP contribution in [0, 0.1) is 6.92 Å². The highest BCUT2D eigenvalue weighted by Gasteiger charge is 2.38. The van der Waals surface area contributed by atoms with Crippen LogP contribution in [0.25, 0.3) is 6.08 Å². The van der Waals surface area contributed by atoms with Crippen molar-refractivity contribution < 1.29 is 19.0 Å². The molecule has 2 aliphatic heterocycles. The topological polar surface area (TPSA) is 48.0 Å². The Morgan fingerprint density at radius 2 is 1.81 bits per heavy atom. The van der Waals surface area contributed by atoms with Gasteiger partial charge in [0.1, 0.15) is 22.8 Å². The Morgan fingerprint density at radius 1 is 1.10 bits per heavy atom. The lowest BCUT2D eigenvalue weighted by Gasteiger charge is -2.30. The Morgan fingerprint density at radius 3 is 2.48 bits per heavy atom. The summed E-state index contributed by atoms with van der Waals surface area (Å²) in [6.07, 6.45) is 7.57. The maximum absolute atomic E-state index is 13.2. The lowest BCUT2D eigenvalue weighted by Crippen LogP contribution is -2.29. The number of nitrogens with zero attached hydrogens (tertiary/aromatic N) is 1. The number of ketones is 1. The Labute approximate surface area is 183 Å². The zero-order valence-electron chi connectivity index (χ0n) is 18.6. The maximum atomic E-state index is 13.2. The van der Waals surface area contributed by atoms with Crippen molar-refractivity contribution in [3.05, 3.63) is 70.5 Å². The van der Waals surface area contributed by atoms with E-state index in [2.05, 4.69) is 24.9 Å². The van der Waals surface area contributed by atoms with Crippen molar-refractivity contribution in [2.24, 2.45) is 0 Å². The predicted octanol–water partition coefficient (Wildman–Crippen LogP) is 4.99. The van der Waals surface area contributed by atoms with Gasteiger partial charge in [0.25, 0.3) is 0 Å². The molecule has 2 aromatic carbocycles. The first kappa shape index (κ1) is 21.2. The molecule has 2 aliphatic rings. The summed E-state index contributed by atoms with van der Waals surface area (Å²) in [4.78, 5) is 15.5. The third-order valence-electron chi connectivity index (χ3n) is 6.19. The summed E-state index contributed by atoms with van der Waals surface area (Å²) in [5.41, 5.74) is 3.75. The van der Waals surface area contributed by atoms with E-state index in [1.807, 2.05) is 36.4 Å². The zero-order chi connectivity index (χ0) is 22.0. The molecule has 0 aliphatic carbocycles. The van der Waals surface area contributed by atoms with E-state index in [-0.39, 0.29) is 11.7 Å². The van der Waals surface area contributed by atoms with Crippen LogP contribution in [0.1, 0.15) is 45.8 Å². The Hall–Kier alpha value is -3.05. The van der Waals surface area contributed by atoms with Crippen LogP contribution in [0.15, 0.2) is 48.2 Å². The van der Waals surface area contributed by atoms with Gasteiger partial charge in [-0.25, -0.2) is 0 Å². The highest BCUT2D eigenvalue weighted by molar-refractivity contribution is 6.15. The van der Waals surface area contributed by atoms with Crippen molar-refractivity contribution in [1.82, 2.24) is 4.90 Å². The third-order valence-corrected chi connectivity index (χ3v) is 6.19. The van der Waals surface area contributed by atoms with Gasteiger partial charge >= 0.3 is 0 Å². The van der Waals surface area contributed by atoms with Gasteiger partial charge in [0.15, 0.2) is 5.76 Å². The van der Waals surface area contributed by atoms with Gasteiger partial charge < -0.3 is 19.1 Å². The second-order valence-electron chi connectivity index (χ2n) is 8.15. The molecule has 0 saturated carbocycles. The van der Waals surface area contributed by atoms with E-state index in [9.17, 15) is 4.79 Å². The first-order valence-electron chi connectivity index (χ1n) is 10.7. The van der Waals surface area contributed by atoms with Crippen LogP contribution in [-0.2, 0) is 0 Å². The molecule has 2 heterocycles. The lowest BCUT2D eigenvalue weighted by molar-refractivity contribution is 0.101. The molecule has 0 spiro atoms. The number of methoxy groups -OCH3 is 2. The third kappa shape index (κ3) is 4.10. The number of allylic oxidation sites excluding steroid dienone is 3. The molecule has 0 atom stereocenters. The first-order valence-corrected chi connectivity index (χ1v) is 10.7. The van der Waals surface area contributed by atoms with Crippen molar-refractivity contribution in [3.8, 4) is 17.2 Å². The number of carbonyl (C=O) groups excluding carboxylic acids is 1. The number of carbonyl (C=O) groups is 1. The van der Waals surface area contributed by atoms with Crippen molar-refractivity contribution in [3.63, 3.8) is 0 Å². The van der Waals surface area contributed by atoms with Crippen LogP contribution >= 0.6 is 0 Å². The molecular weight excluding hydrogens is 390 g/mol.